The molecule has 3 rings (SSSR count). The summed E-state index contributed by atoms with van der Waals surface area (Å²) in [7, 11) is 1.54. The molecular formula is C23H25F2NO5. The van der Waals surface area contributed by atoms with Crippen LogP contribution in [0, 0.1) is 23.5 Å². The van der Waals surface area contributed by atoms with Gasteiger partial charge in [-0.2, -0.15) is 0 Å². The number of ether oxygens (including phenoxy) is 2. The van der Waals surface area contributed by atoms with Gasteiger partial charge < -0.3 is 19.9 Å². The van der Waals surface area contributed by atoms with Gasteiger partial charge in [0.2, 0.25) is 0 Å². The molecule has 0 atom stereocenters. The van der Waals surface area contributed by atoms with Gasteiger partial charge in [0, 0.05) is 12.1 Å². The SMILES string of the molecule is COc1ccc(COc2c(F)cc(C(=O)NC[C@H]3CC[C@H](C(=O)O)CC3)cc2F)cc1. The Hall–Kier alpha value is -3.16. The molecule has 6 nitrogen and oxygen atoms in total. The molecule has 1 amide bonds. The first-order valence-electron chi connectivity index (χ1n) is 10.1. The molecule has 1 aliphatic rings. The molecule has 0 radical (unpaired) electrons. The van der Waals surface area contributed by atoms with Crippen molar-refractivity contribution in [3.8, 4) is 11.5 Å². The van der Waals surface area contributed by atoms with Crippen molar-refractivity contribution in [3.63, 3.8) is 0 Å². The van der Waals surface area contributed by atoms with Crippen LogP contribution in [0.1, 0.15) is 41.6 Å². The molecule has 31 heavy (non-hydrogen) atoms. The molecule has 8 heteroatoms. The van der Waals surface area contributed by atoms with Crippen LogP contribution >= 0.6 is 0 Å². The lowest BCUT2D eigenvalue weighted by molar-refractivity contribution is -0.143. The van der Waals surface area contributed by atoms with E-state index in [1.54, 1.807) is 24.3 Å². The van der Waals surface area contributed by atoms with Crippen molar-refractivity contribution in [1.82, 2.24) is 5.32 Å². The van der Waals surface area contributed by atoms with E-state index in [1.165, 1.54) is 7.11 Å². The molecule has 166 valence electrons. The van der Waals surface area contributed by atoms with Crippen molar-refractivity contribution in [3.05, 3.63) is 59.2 Å². The van der Waals surface area contributed by atoms with Crippen LogP contribution in [-0.4, -0.2) is 30.6 Å². The van der Waals surface area contributed by atoms with E-state index in [4.69, 9.17) is 14.6 Å². The lowest BCUT2D eigenvalue weighted by Crippen LogP contribution is -2.32. The fraction of sp³-hybridized carbons (Fsp3) is 0.391. The Kier molecular flexibility index (Phi) is 7.44. The maximum absolute atomic E-state index is 14.4. The van der Waals surface area contributed by atoms with Crippen molar-refractivity contribution in [2.75, 3.05) is 13.7 Å². The summed E-state index contributed by atoms with van der Waals surface area (Å²) in [5.74, 6) is -3.35. The minimum atomic E-state index is -0.958. The van der Waals surface area contributed by atoms with E-state index in [0.29, 0.717) is 43.5 Å². The standard InChI is InChI=1S/C23H25F2NO5/c1-30-18-8-4-15(5-9-18)13-31-21-19(24)10-17(11-20(21)25)22(27)26-12-14-2-6-16(7-3-14)23(28)29/h4-5,8-11,14,16H,2-3,6-7,12-13H2,1H3,(H,26,27)(H,28,29)/t14-,16-. The number of halogens is 2. The van der Waals surface area contributed by atoms with Crippen molar-refractivity contribution in [2.45, 2.75) is 32.3 Å². The maximum Gasteiger partial charge on any atom is 0.306 e. The van der Waals surface area contributed by atoms with Gasteiger partial charge in [-0.25, -0.2) is 8.78 Å². The summed E-state index contributed by atoms with van der Waals surface area (Å²) in [4.78, 5) is 23.3. The quantitative estimate of drug-likeness (QED) is 0.653. The fourth-order valence-electron chi connectivity index (χ4n) is 3.66. The number of carboxylic acids is 1. The molecule has 0 spiro atoms. The van der Waals surface area contributed by atoms with Gasteiger partial charge in [0.15, 0.2) is 17.4 Å². The molecule has 0 saturated heterocycles. The Labute approximate surface area is 179 Å². The van der Waals surface area contributed by atoms with E-state index in [0.717, 1.165) is 12.1 Å². The second-order valence-electron chi connectivity index (χ2n) is 7.67. The van der Waals surface area contributed by atoms with Crippen LogP contribution in [0.15, 0.2) is 36.4 Å². The summed E-state index contributed by atoms with van der Waals surface area (Å²) >= 11 is 0. The molecular weight excluding hydrogens is 408 g/mol. The molecule has 2 N–H and O–H groups in total. The average Bonchev–Trinajstić information content (AvgIpc) is 2.77. The molecule has 1 fully saturated rings. The van der Waals surface area contributed by atoms with Gasteiger partial charge >= 0.3 is 5.97 Å². The number of rotatable bonds is 8. The minimum Gasteiger partial charge on any atom is -0.497 e. The number of methoxy groups -OCH3 is 1. The highest BCUT2D eigenvalue weighted by atomic mass is 19.1. The molecule has 0 aliphatic heterocycles. The van der Waals surface area contributed by atoms with E-state index in [1.807, 2.05) is 0 Å². The smallest absolute Gasteiger partial charge is 0.306 e. The van der Waals surface area contributed by atoms with Gasteiger partial charge in [0.1, 0.15) is 12.4 Å². The first kappa shape index (κ1) is 22.5. The third-order valence-electron chi connectivity index (χ3n) is 5.55. The topological polar surface area (TPSA) is 84.9 Å². The van der Waals surface area contributed by atoms with Crippen LogP contribution in [0.2, 0.25) is 0 Å². The van der Waals surface area contributed by atoms with Crippen LogP contribution in [-0.2, 0) is 11.4 Å². The lowest BCUT2D eigenvalue weighted by Gasteiger charge is -2.26. The average molecular weight is 433 g/mol. The van der Waals surface area contributed by atoms with Gasteiger partial charge in [-0.15, -0.1) is 0 Å². The number of benzene rings is 2. The molecule has 2 aromatic carbocycles. The zero-order chi connectivity index (χ0) is 22.4. The number of aliphatic carboxylic acids is 1. The van der Waals surface area contributed by atoms with E-state index in [9.17, 15) is 18.4 Å². The predicted molar refractivity (Wildman–Crippen MR) is 109 cm³/mol. The van der Waals surface area contributed by atoms with E-state index in [2.05, 4.69) is 5.32 Å². The molecule has 1 aliphatic carbocycles. The summed E-state index contributed by atoms with van der Waals surface area (Å²) in [6, 6.07) is 8.77. The number of hydrogen-bond donors (Lipinski definition) is 2. The van der Waals surface area contributed by atoms with Gasteiger partial charge in [0.25, 0.3) is 5.91 Å². The molecule has 0 aromatic heterocycles. The number of amides is 1. The monoisotopic (exact) mass is 433 g/mol. The zero-order valence-corrected chi connectivity index (χ0v) is 17.2. The van der Waals surface area contributed by atoms with Gasteiger partial charge in [-0.1, -0.05) is 12.1 Å². The van der Waals surface area contributed by atoms with Gasteiger partial charge in [0.05, 0.1) is 13.0 Å². The van der Waals surface area contributed by atoms with Crippen molar-refractivity contribution < 1.29 is 33.0 Å². The van der Waals surface area contributed by atoms with Crippen molar-refractivity contribution in [2.24, 2.45) is 11.8 Å². The number of carbonyl (C=O) groups excluding carboxylic acids is 1. The van der Waals surface area contributed by atoms with E-state index < -0.39 is 29.3 Å². The Morgan fingerprint density at radius 1 is 1.06 bits per heavy atom. The molecule has 0 unspecified atom stereocenters. The Balaban J connectivity index is 1.55. The van der Waals surface area contributed by atoms with Crippen LogP contribution in [0.25, 0.3) is 0 Å². The van der Waals surface area contributed by atoms with Gasteiger partial charge in [-0.3, -0.25) is 9.59 Å². The molecule has 0 bridgehead atoms. The number of nitrogens with one attached hydrogen (secondary N) is 1. The largest absolute Gasteiger partial charge is 0.497 e. The third kappa shape index (κ3) is 5.93. The molecule has 0 heterocycles. The second kappa shape index (κ2) is 10.2. The zero-order valence-electron chi connectivity index (χ0n) is 17.2. The Morgan fingerprint density at radius 2 is 1.68 bits per heavy atom. The van der Waals surface area contributed by atoms with Gasteiger partial charge in [-0.05, 0) is 61.4 Å². The third-order valence-corrected chi connectivity index (χ3v) is 5.55. The van der Waals surface area contributed by atoms with Crippen molar-refractivity contribution in [1.29, 1.82) is 0 Å². The lowest BCUT2D eigenvalue weighted by atomic mass is 9.82. The predicted octanol–water partition coefficient (Wildman–Crippen LogP) is 4.17. The fourth-order valence-corrected chi connectivity index (χ4v) is 3.66. The van der Waals surface area contributed by atoms with E-state index >= 15 is 0 Å². The highest BCUT2D eigenvalue weighted by Gasteiger charge is 2.26. The Morgan fingerprint density at radius 3 is 2.23 bits per heavy atom. The van der Waals surface area contributed by atoms with Crippen LogP contribution in [0.4, 0.5) is 8.78 Å². The maximum atomic E-state index is 14.4. The van der Waals surface area contributed by atoms with Crippen LogP contribution < -0.4 is 14.8 Å². The number of hydrogen-bond acceptors (Lipinski definition) is 4. The normalized spacial score (nSPS) is 18.3. The number of carbonyl (C=O) groups is 2. The minimum absolute atomic E-state index is 0.0393. The summed E-state index contributed by atoms with van der Waals surface area (Å²) in [5, 5.41) is 11.7. The van der Waals surface area contributed by atoms with Crippen molar-refractivity contribution >= 4 is 11.9 Å². The highest BCUT2D eigenvalue weighted by Crippen LogP contribution is 2.29. The first-order chi connectivity index (χ1) is 14.9. The van der Waals surface area contributed by atoms with Crippen LogP contribution in [0.3, 0.4) is 0 Å². The summed E-state index contributed by atoms with van der Waals surface area (Å²) in [6.45, 7) is 0.298. The summed E-state index contributed by atoms with van der Waals surface area (Å²) in [6.07, 6.45) is 2.52. The Bertz CT molecular complexity index is 901. The molecule has 1 saturated carbocycles. The summed E-state index contributed by atoms with van der Waals surface area (Å²) < 4.78 is 39.1. The summed E-state index contributed by atoms with van der Waals surface area (Å²) in [5.41, 5.74) is 0.574. The number of carboxylic acid groups (broad SMARTS) is 1. The molecule has 2 aromatic rings. The highest BCUT2D eigenvalue weighted by molar-refractivity contribution is 5.94. The van der Waals surface area contributed by atoms with E-state index in [-0.39, 0.29) is 24.0 Å². The second-order valence-corrected chi connectivity index (χ2v) is 7.67. The van der Waals surface area contributed by atoms with Crippen LogP contribution in [0.5, 0.6) is 11.5 Å². The first-order valence-corrected chi connectivity index (χ1v) is 10.1.